The molecule has 2 amide bonds. The number of carbonyl (C=O) groups is 2. The van der Waals surface area contributed by atoms with E-state index in [1.165, 1.54) is 0 Å². The summed E-state index contributed by atoms with van der Waals surface area (Å²) in [5.74, 6) is 1.00. The molecule has 2 aromatic carbocycles. The van der Waals surface area contributed by atoms with Gasteiger partial charge in [-0.1, -0.05) is 35.9 Å². The van der Waals surface area contributed by atoms with Crippen LogP contribution in [0.15, 0.2) is 48.5 Å². The number of nitrogens with zero attached hydrogens (tertiary/aromatic N) is 2. The van der Waals surface area contributed by atoms with Gasteiger partial charge in [0.1, 0.15) is 5.75 Å². The molecule has 0 radical (unpaired) electrons. The van der Waals surface area contributed by atoms with Crippen LogP contribution in [0.5, 0.6) is 5.75 Å². The molecule has 0 atom stereocenters. The Morgan fingerprint density at radius 1 is 0.964 bits per heavy atom. The van der Waals surface area contributed by atoms with Crippen LogP contribution in [0, 0.1) is 6.92 Å². The van der Waals surface area contributed by atoms with Crippen molar-refractivity contribution >= 4 is 11.8 Å². The minimum atomic E-state index is 0.0482. The Kier molecular flexibility index (Phi) is 6.69. The maximum atomic E-state index is 12.8. The Hall–Kier alpha value is -2.82. The molecule has 0 aliphatic carbocycles. The third kappa shape index (κ3) is 4.91. The average Bonchev–Trinajstić information content (AvgIpc) is 2.98. The summed E-state index contributed by atoms with van der Waals surface area (Å²) in [6.45, 7) is 4.53. The monoisotopic (exact) mass is 380 g/mol. The Morgan fingerprint density at radius 2 is 1.71 bits per heavy atom. The molecule has 0 N–H and O–H groups in total. The van der Waals surface area contributed by atoms with Gasteiger partial charge in [0.2, 0.25) is 5.91 Å². The van der Waals surface area contributed by atoms with Gasteiger partial charge in [-0.2, -0.15) is 0 Å². The third-order valence-corrected chi connectivity index (χ3v) is 5.20. The van der Waals surface area contributed by atoms with E-state index in [9.17, 15) is 9.59 Å². The maximum Gasteiger partial charge on any atom is 0.253 e. The number of para-hydroxylation sites is 1. The summed E-state index contributed by atoms with van der Waals surface area (Å²) >= 11 is 0. The Balaban J connectivity index is 1.55. The molecule has 1 heterocycles. The summed E-state index contributed by atoms with van der Waals surface area (Å²) in [5.41, 5.74) is 2.84. The molecule has 5 nitrogen and oxygen atoms in total. The van der Waals surface area contributed by atoms with Gasteiger partial charge in [0, 0.05) is 38.2 Å². The first kappa shape index (κ1) is 19.9. The van der Waals surface area contributed by atoms with E-state index in [0.717, 1.165) is 28.9 Å². The smallest absolute Gasteiger partial charge is 0.253 e. The van der Waals surface area contributed by atoms with Crippen LogP contribution in [0.25, 0.3) is 0 Å². The molecule has 2 aromatic rings. The molecule has 0 unspecified atom stereocenters. The lowest BCUT2D eigenvalue weighted by Crippen LogP contribution is -2.37. The van der Waals surface area contributed by atoms with Crippen molar-refractivity contribution < 1.29 is 14.3 Å². The van der Waals surface area contributed by atoms with Crippen molar-refractivity contribution in [3.05, 3.63) is 65.2 Å². The van der Waals surface area contributed by atoms with Gasteiger partial charge in [-0.15, -0.1) is 0 Å². The van der Waals surface area contributed by atoms with E-state index in [4.69, 9.17) is 4.74 Å². The van der Waals surface area contributed by atoms with Crippen molar-refractivity contribution in [3.8, 4) is 5.75 Å². The van der Waals surface area contributed by atoms with E-state index in [1.807, 2.05) is 65.3 Å². The largest absolute Gasteiger partial charge is 0.496 e. The van der Waals surface area contributed by atoms with E-state index in [2.05, 4.69) is 0 Å². The number of hydrogen-bond acceptors (Lipinski definition) is 3. The van der Waals surface area contributed by atoms with Crippen molar-refractivity contribution in [2.75, 3.05) is 33.3 Å². The molecular formula is C23H28N2O3. The van der Waals surface area contributed by atoms with Crippen LogP contribution in [0.3, 0.4) is 0 Å². The number of amides is 2. The topological polar surface area (TPSA) is 49.9 Å². The lowest BCUT2D eigenvalue weighted by molar-refractivity contribution is -0.131. The highest BCUT2D eigenvalue weighted by molar-refractivity contribution is 5.94. The molecule has 5 heteroatoms. The molecule has 0 aromatic heterocycles. The Bertz CT molecular complexity index is 834. The fourth-order valence-corrected chi connectivity index (χ4v) is 3.64. The highest BCUT2D eigenvalue weighted by Gasteiger charge is 2.23. The average molecular weight is 380 g/mol. The normalized spacial score (nSPS) is 14.5. The number of benzene rings is 2. The van der Waals surface area contributed by atoms with Gasteiger partial charge in [-0.05, 0) is 43.5 Å². The molecule has 1 fully saturated rings. The van der Waals surface area contributed by atoms with Crippen LogP contribution in [0.1, 0.15) is 34.3 Å². The van der Waals surface area contributed by atoms with Crippen molar-refractivity contribution in [2.45, 2.75) is 26.2 Å². The Morgan fingerprint density at radius 3 is 2.50 bits per heavy atom. The van der Waals surface area contributed by atoms with Crippen LogP contribution in [0.4, 0.5) is 0 Å². The summed E-state index contributed by atoms with van der Waals surface area (Å²) in [5, 5.41) is 0. The second-order valence-corrected chi connectivity index (χ2v) is 7.21. The van der Waals surface area contributed by atoms with Crippen LogP contribution < -0.4 is 4.74 Å². The first-order chi connectivity index (χ1) is 13.6. The van der Waals surface area contributed by atoms with Crippen molar-refractivity contribution in [1.29, 1.82) is 0 Å². The number of hydrogen-bond donors (Lipinski definition) is 0. The van der Waals surface area contributed by atoms with E-state index in [1.54, 1.807) is 7.11 Å². The second-order valence-electron chi connectivity index (χ2n) is 7.21. The van der Waals surface area contributed by atoms with Gasteiger partial charge >= 0.3 is 0 Å². The number of aryl methyl sites for hydroxylation is 2. The van der Waals surface area contributed by atoms with Crippen molar-refractivity contribution in [2.24, 2.45) is 0 Å². The lowest BCUT2D eigenvalue weighted by Gasteiger charge is -2.22. The fraction of sp³-hybridized carbons (Fsp3) is 0.391. The Labute approximate surface area is 166 Å². The highest BCUT2D eigenvalue weighted by Crippen LogP contribution is 2.19. The molecule has 28 heavy (non-hydrogen) atoms. The summed E-state index contributed by atoms with van der Waals surface area (Å²) in [6, 6.07) is 15.5. The first-order valence-electron chi connectivity index (χ1n) is 9.84. The summed E-state index contributed by atoms with van der Waals surface area (Å²) in [4.78, 5) is 29.2. The van der Waals surface area contributed by atoms with Crippen LogP contribution in [-0.2, 0) is 11.2 Å². The molecule has 0 bridgehead atoms. The van der Waals surface area contributed by atoms with E-state index in [0.29, 0.717) is 39.0 Å². The quantitative estimate of drug-likeness (QED) is 0.800. The summed E-state index contributed by atoms with van der Waals surface area (Å²) in [6.07, 6.45) is 1.91. The number of methoxy groups -OCH3 is 1. The van der Waals surface area contributed by atoms with Gasteiger partial charge in [0.25, 0.3) is 5.91 Å². The van der Waals surface area contributed by atoms with E-state index in [-0.39, 0.29) is 11.8 Å². The van der Waals surface area contributed by atoms with Gasteiger partial charge in [0.15, 0.2) is 0 Å². The predicted molar refractivity (Wildman–Crippen MR) is 110 cm³/mol. The molecule has 0 spiro atoms. The van der Waals surface area contributed by atoms with Crippen LogP contribution in [-0.4, -0.2) is 54.9 Å². The van der Waals surface area contributed by atoms with Crippen LogP contribution in [0.2, 0.25) is 0 Å². The fourth-order valence-electron chi connectivity index (χ4n) is 3.64. The SMILES string of the molecule is COc1ccccc1CCC(=O)N1CCCN(C(=O)c2cccc(C)c2)CC1. The van der Waals surface area contributed by atoms with Gasteiger partial charge in [-0.25, -0.2) is 0 Å². The standard InChI is InChI=1S/C23H28N2O3/c1-18-7-5-9-20(17-18)23(27)25-14-6-13-24(15-16-25)22(26)12-11-19-8-3-4-10-21(19)28-2/h3-5,7-10,17H,6,11-16H2,1-2H3. The molecular weight excluding hydrogens is 352 g/mol. The zero-order chi connectivity index (χ0) is 19.9. The molecule has 1 aliphatic heterocycles. The molecule has 148 valence electrons. The zero-order valence-electron chi connectivity index (χ0n) is 16.7. The second kappa shape index (κ2) is 9.40. The van der Waals surface area contributed by atoms with Crippen LogP contribution >= 0.6 is 0 Å². The lowest BCUT2D eigenvalue weighted by atomic mass is 10.1. The number of rotatable bonds is 5. The summed E-state index contributed by atoms with van der Waals surface area (Å²) < 4.78 is 5.36. The van der Waals surface area contributed by atoms with Gasteiger partial charge in [-0.3, -0.25) is 9.59 Å². The maximum absolute atomic E-state index is 12.8. The molecule has 1 saturated heterocycles. The predicted octanol–water partition coefficient (Wildman–Crippen LogP) is 3.31. The molecule has 1 aliphatic rings. The number of ether oxygens (including phenoxy) is 1. The van der Waals surface area contributed by atoms with Gasteiger partial charge in [0.05, 0.1) is 7.11 Å². The molecule has 3 rings (SSSR count). The summed E-state index contributed by atoms with van der Waals surface area (Å²) in [7, 11) is 1.65. The van der Waals surface area contributed by atoms with Gasteiger partial charge < -0.3 is 14.5 Å². The minimum absolute atomic E-state index is 0.0482. The highest BCUT2D eigenvalue weighted by atomic mass is 16.5. The minimum Gasteiger partial charge on any atom is -0.496 e. The molecule has 0 saturated carbocycles. The number of carbonyl (C=O) groups excluding carboxylic acids is 2. The zero-order valence-corrected chi connectivity index (χ0v) is 16.7. The first-order valence-corrected chi connectivity index (χ1v) is 9.84. The van der Waals surface area contributed by atoms with Crippen molar-refractivity contribution in [1.82, 2.24) is 9.80 Å². The van der Waals surface area contributed by atoms with Crippen molar-refractivity contribution in [3.63, 3.8) is 0 Å². The third-order valence-electron chi connectivity index (χ3n) is 5.20. The van der Waals surface area contributed by atoms with E-state index >= 15 is 0 Å². The van der Waals surface area contributed by atoms with E-state index < -0.39 is 0 Å².